The van der Waals surface area contributed by atoms with Gasteiger partial charge in [-0.25, -0.2) is 0 Å². The van der Waals surface area contributed by atoms with Gasteiger partial charge in [0.2, 0.25) is 12.5 Å². The standard InChI is InChI=1S/C12H15NO4/c1-14-10-4-8(9-6-15-3-2-13-9)5-11-12(10)17-7-16-11/h4-5,9,13H,2-3,6-7H2,1H3/t9-/m0/s1. The Morgan fingerprint density at radius 1 is 1.35 bits per heavy atom. The Labute approximate surface area is 99.6 Å². The number of hydrogen-bond acceptors (Lipinski definition) is 5. The van der Waals surface area contributed by atoms with Crippen LogP contribution in [-0.4, -0.2) is 33.7 Å². The Morgan fingerprint density at radius 2 is 2.29 bits per heavy atom. The van der Waals surface area contributed by atoms with E-state index < -0.39 is 0 Å². The second-order valence-electron chi connectivity index (χ2n) is 4.04. The summed E-state index contributed by atoms with van der Waals surface area (Å²) in [6.45, 7) is 2.55. The second-order valence-corrected chi connectivity index (χ2v) is 4.04. The van der Waals surface area contributed by atoms with E-state index in [0.29, 0.717) is 18.1 Å². The normalized spacial score (nSPS) is 22.5. The summed E-state index contributed by atoms with van der Waals surface area (Å²) in [7, 11) is 1.63. The molecule has 92 valence electrons. The van der Waals surface area contributed by atoms with Gasteiger partial charge in [0.1, 0.15) is 0 Å². The van der Waals surface area contributed by atoms with Crippen molar-refractivity contribution in [1.29, 1.82) is 0 Å². The molecule has 0 saturated carbocycles. The predicted octanol–water partition coefficient (Wildman–Crippen LogP) is 1.08. The van der Waals surface area contributed by atoms with Crippen molar-refractivity contribution in [3.63, 3.8) is 0 Å². The minimum absolute atomic E-state index is 0.187. The van der Waals surface area contributed by atoms with E-state index in [4.69, 9.17) is 18.9 Å². The highest BCUT2D eigenvalue weighted by molar-refractivity contribution is 5.55. The van der Waals surface area contributed by atoms with Crippen molar-refractivity contribution in [2.75, 3.05) is 33.7 Å². The fourth-order valence-electron chi connectivity index (χ4n) is 2.13. The van der Waals surface area contributed by atoms with Crippen LogP contribution in [-0.2, 0) is 4.74 Å². The highest BCUT2D eigenvalue weighted by atomic mass is 16.7. The Kier molecular flexibility index (Phi) is 2.78. The Balaban J connectivity index is 1.94. The minimum atomic E-state index is 0.187. The zero-order chi connectivity index (χ0) is 11.7. The summed E-state index contributed by atoms with van der Waals surface area (Å²) >= 11 is 0. The lowest BCUT2D eigenvalue weighted by Gasteiger charge is -2.24. The number of ether oxygens (including phenoxy) is 4. The second kappa shape index (κ2) is 4.43. The molecule has 17 heavy (non-hydrogen) atoms. The predicted molar refractivity (Wildman–Crippen MR) is 60.7 cm³/mol. The van der Waals surface area contributed by atoms with Crippen LogP contribution in [0.25, 0.3) is 0 Å². The van der Waals surface area contributed by atoms with Crippen LogP contribution >= 0.6 is 0 Å². The van der Waals surface area contributed by atoms with Crippen LogP contribution in [0.15, 0.2) is 12.1 Å². The van der Waals surface area contributed by atoms with Crippen LogP contribution < -0.4 is 19.5 Å². The molecule has 0 bridgehead atoms. The number of benzene rings is 1. The monoisotopic (exact) mass is 237 g/mol. The van der Waals surface area contributed by atoms with E-state index in [1.165, 1.54) is 0 Å². The fourth-order valence-corrected chi connectivity index (χ4v) is 2.13. The summed E-state index contributed by atoms with van der Waals surface area (Å²) in [5.74, 6) is 2.14. The maximum atomic E-state index is 5.45. The van der Waals surface area contributed by atoms with Gasteiger partial charge < -0.3 is 24.3 Å². The number of morpholine rings is 1. The highest BCUT2D eigenvalue weighted by Gasteiger charge is 2.24. The first-order valence-electron chi connectivity index (χ1n) is 5.67. The maximum Gasteiger partial charge on any atom is 0.231 e. The van der Waals surface area contributed by atoms with Gasteiger partial charge in [0.25, 0.3) is 0 Å². The number of methoxy groups -OCH3 is 1. The largest absolute Gasteiger partial charge is 0.493 e. The van der Waals surface area contributed by atoms with E-state index in [2.05, 4.69) is 5.32 Å². The van der Waals surface area contributed by atoms with Crippen LogP contribution in [0.1, 0.15) is 11.6 Å². The van der Waals surface area contributed by atoms with Crippen molar-refractivity contribution in [2.24, 2.45) is 0 Å². The van der Waals surface area contributed by atoms with E-state index in [1.807, 2.05) is 12.1 Å². The van der Waals surface area contributed by atoms with Crippen molar-refractivity contribution < 1.29 is 18.9 Å². The molecule has 2 aliphatic heterocycles. The molecule has 5 heteroatoms. The van der Waals surface area contributed by atoms with Gasteiger partial charge in [-0.15, -0.1) is 0 Å². The molecule has 1 N–H and O–H groups in total. The van der Waals surface area contributed by atoms with Gasteiger partial charge in [-0.1, -0.05) is 0 Å². The van der Waals surface area contributed by atoms with Crippen molar-refractivity contribution >= 4 is 0 Å². The van der Waals surface area contributed by atoms with Gasteiger partial charge in [0, 0.05) is 6.54 Å². The van der Waals surface area contributed by atoms with Crippen molar-refractivity contribution in [3.05, 3.63) is 17.7 Å². The molecule has 2 aliphatic rings. The summed E-state index contributed by atoms with van der Waals surface area (Å²) in [4.78, 5) is 0. The highest BCUT2D eigenvalue weighted by Crippen LogP contribution is 2.43. The molecule has 1 atom stereocenters. The van der Waals surface area contributed by atoms with Gasteiger partial charge in [0.05, 0.1) is 26.4 Å². The summed E-state index contributed by atoms with van der Waals surface area (Å²) in [5.41, 5.74) is 1.10. The Morgan fingerprint density at radius 3 is 3.06 bits per heavy atom. The van der Waals surface area contributed by atoms with Crippen LogP contribution in [0.3, 0.4) is 0 Å². The summed E-state index contributed by atoms with van der Waals surface area (Å²) in [6.07, 6.45) is 0. The number of hydrogen-bond donors (Lipinski definition) is 1. The molecule has 1 saturated heterocycles. The zero-order valence-electron chi connectivity index (χ0n) is 9.69. The zero-order valence-corrected chi connectivity index (χ0v) is 9.69. The first kappa shape index (κ1) is 10.7. The van der Waals surface area contributed by atoms with Crippen LogP contribution in [0.4, 0.5) is 0 Å². The maximum absolute atomic E-state index is 5.45. The number of nitrogens with one attached hydrogen (secondary N) is 1. The van der Waals surface area contributed by atoms with Gasteiger partial charge >= 0.3 is 0 Å². The lowest BCUT2D eigenvalue weighted by Crippen LogP contribution is -2.34. The molecule has 0 spiro atoms. The van der Waals surface area contributed by atoms with Crippen LogP contribution in [0.5, 0.6) is 17.2 Å². The first-order valence-corrected chi connectivity index (χ1v) is 5.67. The molecule has 0 amide bonds. The Bertz CT molecular complexity index is 415. The topological polar surface area (TPSA) is 49.0 Å². The average molecular weight is 237 g/mol. The average Bonchev–Trinajstić information content (AvgIpc) is 2.86. The molecule has 0 aliphatic carbocycles. The van der Waals surface area contributed by atoms with E-state index in [0.717, 1.165) is 24.5 Å². The molecule has 0 radical (unpaired) electrons. The third kappa shape index (κ3) is 1.92. The third-order valence-corrected chi connectivity index (χ3v) is 3.00. The molecule has 5 nitrogen and oxygen atoms in total. The van der Waals surface area contributed by atoms with Crippen molar-refractivity contribution in [3.8, 4) is 17.2 Å². The van der Waals surface area contributed by atoms with Crippen LogP contribution in [0.2, 0.25) is 0 Å². The summed E-state index contributed by atoms with van der Waals surface area (Å²) < 4.78 is 21.5. The minimum Gasteiger partial charge on any atom is -0.493 e. The van der Waals surface area contributed by atoms with Gasteiger partial charge in [-0.05, 0) is 17.7 Å². The van der Waals surface area contributed by atoms with Gasteiger partial charge in [-0.2, -0.15) is 0 Å². The molecule has 1 aromatic rings. The lowest BCUT2D eigenvalue weighted by molar-refractivity contribution is 0.0767. The van der Waals surface area contributed by atoms with Crippen LogP contribution in [0, 0.1) is 0 Å². The van der Waals surface area contributed by atoms with E-state index in [-0.39, 0.29) is 12.8 Å². The molecule has 0 aromatic heterocycles. The summed E-state index contributed by atoms with van der Waals surface area (Å²) in [5, 5.41) is 3.40. The molecule has 3 rings (SSSR count). The van der Waals surface area contributed by atoms with Crippen molar-refractivity contribution in [2.45, 2.75) is 6.04 Å². The van der Waals surface area contributed by atoms with Gasteiger partial charge in [0.15, 0.2) is 11.5 Å². The smallest absolute Gasteiger partial charge is 0.231 e. The lowest BCUT2D eigenvalue weighted by atomic mass is 10.1. The molecule has 1 aromatic carbocycles. The first-order chi connectivity index (χ1) is 8.38. The van der Waals surface area contributed by atoms with Crippen molar-refractivity contribution in [1.82, 2.24) is 5.32 Å². The third-order valence-electron chi connectivity index (χ3n) is 3.00. The van der Waals surface area contributed by atoms with E-state index in [1.54, 1.807) is 7.11 Å². The quantitative estimate of drug-likeness (QED) is 0.834. The molecular formula is C12H15NO4. The Hall–Kier alpha value is -1.46. The number of rotatable bonds is 2. The fraction of sp³-hybridized carbons (Fsp3) is 0.500. The molecular weight excluding hydrogens is 222 g/mol. The summed E-state index contributed by atoms with van der Waals surface area (Å²) in [6, 6.07) is 4.14. The van der Waals surface area contributed by atoms with Gasteiger partial charge in [-0.3, -0.25) is 0 Å². The molecule has 0 unspecified atom stereocenters. The molecule has 1 fully saturated rings. The number of fused-ring (bicyclic) bond motifs is 1. The van der Waals surface area contributed by atoms with E-state index in [9.17, 15) is 0 Å². The SMILES string of the molecule is COc1cc([C@@H]2COCCN2)cc2c1OCO2. The molecule has 2 heterocycles. The van der Waals surface area contributed by atoms with E-state index >= 15 is 0 Å².